The van der Waals surface area contributed by atoms with Gasteiger partial charge in [-0.2, -0.15) is 0 Å². The number of aromatic nitrogens is 2. The second-order valence-electron chi connectivity index (χ2n) is 8.01. The molecule has 0 bridgehead atoms. The van der Waals surface area contributed by atoms with Gasteiger partial charge in [0.2, 0.25) is 0 Å². The van der Waals surface area contributed by atoms with Crippen molar-refractivity contribution < 1.29 is 4.39 Å². The number of hydrogen-bond donors (Lipinski definition) is 2. The minimum Gasteiger partial charge on any atom is -0.357 e. The average Bonchev–Trinajstić information content (AvgIpc) is 3.48. The van der Waals surface area contributed by atoms with Crippen LogP contribution in [0.2, 0.25) is 0 Å². The van der Waals surface area contributed by atoms with Crippen LogP contribution in [0.1, 0.15) is 44.6 Å². The van der Waals surface area contributed by atoms with Crippen molar-refractivity contribution >= 4 is 5.96 Å². The maximum atomic E-state index is 14.5. The molecule has 1 saturated heterocycles. The van der Waals surface area contributed by atoms with E-state index in [2.05, 4.69) is 27.4 Å². The first-order valence-corrected chi connectivity index (χ1v) is 10.8. The number of likely N-dealkylation sites (tertiary alicyclic amines) is 1. The van der Waals surface area contributed by atoms with Crippen molar-refractivity contribution in [2.24, 2.45) is 4.99 Å². The monoisotopic (exact) mass is 398 g/mol. The number of guanidine groups is 1. The number of nitrogens with one attached hydrogen (secondary N) is 2. The molecule has 29 heavy (non-hydrogen) atoms. The summed E-state index contributed by atoms with van der Waals surface area (Å²) in [6.07, 6.45) is 11.6. The van der Waals surface area contributed by atoms with Gasteiger partial charge in [0.15, 0.2) is 5.96 Å². The van der Waals surface area contributed by atoms with Crippen molar-refractivity contribution in [3.8, 4) is 5.69 Å². The van der Waals surface area contributed by atoms with E-state index >= 15 is 0 Å². The molecule has 7 heteroatoms. The quantitative estimate of drug-likeness (QED) is 0.580. The predicted octanol–water partition coefficient (Wildman–Crippen LogP) is 3.08. The first-order valence-electron chi connectivity index (χ1n) is 10.8. The molecule has 1 saturated carbocycles. The molecule has 2 heterocycles. The van der Waals surface area contributed by atoms with E-state index in [1.54, 1.807) is 35.4 Å². The summed E-state index contributed by atoms with van der Waals surface area (Å²) < 4.78 is 16.1. The highest BCUT2D eigenvalue weighted by atomic mass is 19.1. The Kier molecular flexibility index (Phi) is 6.44. The summed E-state index contributed by atoms with van der Waals surface area (Å²) in [5, 5.41) is 6.91. The molecular weight excluding hydrogens is 367 g/mol. The maximum absolute atomic E-state index is 14.5. The first-order chi connectivity index (χ1) is 14.2. The van der Waals surface area contributed by atoms with Crippen LogP contribution in [0.25, 0.3) is 5.69 Å². The second-order valence-corrected chi connectivity index (χ2v) is 8.01. The third-order valence-corrected chi connectivity index (χ3v) is 5.96. The highest BCUT2D eigenvalue weighted by Gasteiger charge is 2.30. The zero-order chi connectivity index (χ0) is 20.1. The molecule has 0 amide bonds. The van der Waals surface area contributed by atoms with Gasteiger partial charge in [-0.1, -0.05) is 18.9 Å². The van der Waals surface area contributed by atoms with Crippen molar-refractivity contribution in [1.29, 1.82) is 0 Å². The molecule has 1 aromatic heterocycles. The lowest BCUT2D eigenvalue weighted by atomic mass is 10.2. The van der Waals surface area contributed by atoms with Crippen LogP contribution in [0, 0.1) is 5.82 Å². The number of hydrogen-bond acceptors (Lipinski definition) is 3. The fourth-order valence-electron chi connectivity index (χ4n) is 4.45. The minimum absolute atomic E-state index is 0.267. The number of rotatable bonds is 6. The number of aliphatic imine (C=N–C) groups is 1. The molecule has 2 N–H and O–H groups in total. The minimum atomic E-state index is -0.267. The van der Waals surface area contributed by atoms with Crippen LogP contribution < -0.4 is 10.6 Å². The molecule has 2 fully saturated rings. The van der Waals surface area contributed by atoms with Crippen LogP contribution in [-0.2, 0) is 6.54 Å². The fourth-order valence-corrected chi connectivity index (χ4v) is 4.45. The molecule has 1 aliphatic heterocycles. The van der Waals surface area contributed by atoms with Crippen LogP contribution in [0.15, 0.2) is 41.9 Å². The average molecular weight is 399 g/mol. The van der Waals surface area contributed by atoms with Gasteiger partial charge in [-0.15, -0.1) is 0 Å². The lowest BCUT2D eigenvalue weighted by Crippen LogP contribution is -2.45. The van der Waals surface area contributed by atoms with E-state index in [4.69, 9.17) is 4.99 Å². The summed E-state index contributed by atoms with van der Waals surface area (Å²) in [5.74, 6) is 0.543. The Labute approximate surface area is 172 Å². The third kappa shape index (κ3) is 4.96. The Morgan fingerprint density at radius 2 is 2.14 bits per heavy atom. The molecule has 6 nitrogen and oxygen atoms in total. The normalized spacial score (nSPS) is 21.0. The molecule has 2 aromatic rings. The van der Waals surface area contributed by atoms with Gasteiger partial charge in [-0.3, -0.25) is 4.90 Å². The molecular formula is C22H31FN6. The Morgan fingerprint density at radius 1 is 1.28 bits per heavy atom. The molecule has 1 unspecified atom stereocenters. The maximum Gasteiger partial charge on any atom is 0.191 e. The Hall–Kier alpha value is -2.41. The summed E-state index contributed by atoms with van der Waals surface area (Å²) >= 11 is 0. The van der Waals surface area contributed by atoms with Crippen molar-refractivity contribution in [3.05, 3.63) is 48.3 Å². The largest absolute Gasteiger partial charge is 0.357 e. The van der Waals surface area contributed by atoms with Crippen molar-refractivity contribution in [3.63, 3.8) is 0 Å². The van der Waals surface area contributed by atoms with Gasteiger partial charge in [0, 0.05) is 44.1 Å². The lowest BCUT2D eigenvalue weighted by molar-refractivity contribution is 0.242. The summed E-state index contributed by atoms with van der Waals surface area (Å²) in [4.78, 5) is 11.3. The van der Waals surface area contributed by atoms with Gasteiger partial charge in [0.05, 0.1) is 18.6 Å². The topological polar surface area (TPSA) is 57.5 Å². The molecule has 1 aliphatic carbocycles. The first kappa shape index (κ1) is 19.9. The van der Waals surface area contributed by atoms with E-state index < -0.39 is 0 Å². The molecule has 1 atom stereocenters. The summed E-state index contributed by atoms with van der Waals surface area (Å²) in [5.41, 5.74) is 1.35. The van der Waals surface area contributed by atoms with Crippen LogP contribution in [-0.4, -0.2) is 52.1 Å². The van der Waals surface area contributed by atoms with Crippen LogP contribution in [0.4, 0.5) is 4.39 Å². The van der Waals surface area contributed by atoms with Crippen molar-refractivity contribution in [1.82, 2.24) is 25.1 Å². The lowest BCUT2D eigenvalue weighted by Gasteiger charge is -2.24. The van der Waals surface area contributed by atoms with E-state index in [9.17, 15) is 4.39 Å². The molecule has 1 aromatic carbocycles. The third-order valence-electron chi connectivity index (χ3n) is 5.96. The summed E-state index contributed by atoms with van der Waals surface area (Å²) in [6.45, 7) is 5.57. The van der Waals surface area contributed by atoms with Gasteiger partial charge in [0.1, 0.15) is 5.82 Å². The smallest absolute Gasteiger partial charge is 0.191 e. The van der Waals surface area contributed by atoms with Crippen LogP contribution >= 0.6 is 0 Å². The standard InChI is InChI=1S/C22H31FN6/c1-2-25-22(27-18-9-11-28(15-18)19-5-3-4-6-19)26-14-17-7-8-21(20(23)13-17)29-12-10-24-16-29/h7-8,10,12-13,16,18-19H,2-6,9,11,14-15H2,1H3,(H2,25,26,27). The zero-order valence-electron chi connectivity index (χ0n) is 17.1. The Morgan fingerprint density at radius 3 is 2.86 bits per heavy atom. The van der Waals surface area contributed by atoms with E-state index in [-0.39, 0.29) is 5.82 Å². The van der Waals surface area contributed by atoms with Crippen molar-refractivity contribution in [2.45, 2.75) is 57.7 Å². The number of halogens is 1. The van der Waals surface area contributed by atoms with Gasteiger partial charge >= 0.3 is 0 Å². The Balaban J connectivity index is 1.36. The van der Waals surface area contributed by atoms with Crippen molar-refractivity contribution in [2.75, 3.05) is 19.6 Å². The van der Waals surface area contributed by atoms with E-state index in [0.717, 1.165) is 37.1 Å². The van der Waals surface area contributed by atoms with Crippen LogP contribution in [0.5, 0.6) is 0 Å². The Bertz CT molecular complexity index is 813. The highest BCUT2D eigenvalue weighted by molar-refractivity contribution is 5.80. The predicted molar refractivity (Wildman–Crippen MR) is 114 cm³/mol. The number of benzene rings is 1. The SMILES string of the molecule is CCNC(=NCc1ccc(-n2ccnc2)c(F)c1)NC1CCN(C2CCCC2)C1. The summed E-state index contributed by atoms with van der Waals surface area (Å²) in [6, 6.07) is 6.45. The van der Waals surface area contributed by atoms with E-state index in [1.807, 2.05) is 6.07 Å². The zero-order valence-corrected chi connectivity index (χ0v) is 17.1. The van der Waals surface area contributed by atoms with Crippen LogP contribution in [0.3, 0.4) is 0 Å². The number of nitrogens with zero attached hydrogens (tertiary/aromatic N) is 4. The van der Waals surface area contributed by atoms with E-state index in [1.165, 1.54) is 32.2 Å². The van der Waals surface area contributed by atoms with E-state index in [0.29, 0.717) is 18.3 Å². The second kappa shape index (κ2) is 9.39. The molecule has 0 radical (unpaired) electrons. The summed E-state index contributed by atoms with van der Waals surface area (Å²) in [7, 11) is 0. The fraction of sp³-hybridized carbons (Fsp3) is 0.545. The van der Waals surface area contributed by atoms with Gasteiger partial charge < -0.3 is 15.2 Å². The molecule has 2 aliphatic rings. The van der Waals surface area contributed by atoms with Gasteiger partial charge in [0.25, 0.3) is 0 Å². The molecule has 4 rings (SSSR count). The number of imidazole rings is 1. The molecule has 156 valence electrons. The highest BCUT2D eigenvalue weighted by Crippen LogP contribution is 2.26. The molecule has 0 spiro atoms. The van der Waals surface area contributed by atoms with Gasteiger partial charge in [-0.25, -0.2) is 14.4 Å². The van der Waals surface area contributed by atoms with Gasteiger partial charge in [-0.05, 0) is 43.9 Å².